The lowest BCUT2D eigenvalue weighted by atomic mass is 10.6. The number of aromatic nitrogens is 1. The van der Waals surface area contributed by atoms with Crippen LogP contribution in [0, 0.1) is 10.9 Å². The minimum atomic E-state index is 0.282. The van der Waals surface area contributed by atoms with Crippen molar-refractivity contribution in [3.63, 3.8) is 0 Å². The first-order valence-electron chi connectivity index (χ1n) is 2.48. The summed E-state index contributed by atoms with van der Waals surface area (Å²) in [5, 5.41) is 9.13. The summed E-state index contributed by atoms with van der Waals surface area (Å²) in [5.74, 6) is 0.282. The van der Waals surface area contributed by atoms with Crippen molar-refractivity contribution in [1.82, 2.24) is 4.57 Å². The van der Waals surface area contributed by atoms with E-state index < -0.39 is 0 Å². The van der Waals surface area contributed by atoms with Crippen LogP contribution in [0.2, 0.25) is 0 Å². The van der Waals surface area contributed by atoms with Gasteiger partial charge in [0.15, 0.2) is 3.95 Å². The lowest BCUT2D eigenvalue weighted by Gasteiger charge is -1.90. The van der Waals surface area contributed by atoms with Crippen LogP contribution in [0.1, 0.15) is 4.88 Å². The summed E-state index contributed by atoms with van der Waals surface area (Å²) in [6.07, 6.45) is 0. The van der Waals surface area contributed by atoms with Crippen molar-refractivity contribution in [2.75, 3.05) is 0 Å². The minimum absolute atomic E-state index is 0.282. The first kappa shape index (κ1) is 6.77. The Morgan fingerprint density at radius 3 is 2.33 bits per heavy atom. The van der Waals surface area contributed by atoms with E-state index >= 15 is 0 Å². The zero-order valence-corrected chi connectivity index (χ0v) is 6.84. The smallest absolute Gasteiger partial charge is 0.205 e. The number of nitrogens with zero attached hydrogens (tertiary/aromatic N) is 1. The van der Waals surface area contributed by atoms with Crippen LogP contribution in [0.3, 0.4) is 0 Å². The predicted molar refractivity (Wildman–Crippen MR) is 40.5 cm³/mol. The molecule has 0 radical (unpaired) electrons. The lowest BCUT2D eigenvalue weighted by Crippen LogP contribution is -1.83. The van der Waals surface area contributed by atoms with Crippen LogP contribution in [0.4, 0.5) is 0 Å². The maximum absolute atomic E-state index is 9.13. The average Bonchev–Trinajstić information content (AvgIpc) is 1.98. The molecule has 0 saturated heterocycles. The third kappa shape index (κ3) is 0.997. The van der Waals surface area contributed by atoms with E-state index in [-0.39, 0.29) is 5.88 Å². The van der Waals surface area contributed by atoms with Crippen LogP contribution in [-0.4, -0.2) is 9.67 Å². The number of aromatic hydroxyl groups is 1. The highest BCUT2D eigenvalue weighted by Gasteiger charge is 2.01. The summed E-state index contributed by atoms with van der Waals surface area (Å²) in [5.41, 5.74) is 0. The average molecular weight is 161 g/mol. The Kier molecular flexibility index (Phi) is 1.59. The molecule has 9 heavy (non-hydrogen) atoms. The second-order valence-electron chi connectivity index (χ2n) is 1.81. The van der Waals surface area contributed by atoms with Crippen molar-refractivity contribution in [2.45, 2.75) is 6.92 Å². The molecule has 1 rings (SSSR count). The van der Waals surface area contributed by atoms with Gasteiger partial charge in [-0.1, -0.05) is 0 Å². The van der Waals surface area contributed by atoms with Gasteiger partial charge < -0.3 is 5.11 Å². The van der Waals surface area contributed by atoms with Crippen molar-refractivity contribution < 1.29 is 5.11 Å². The second-order valence-corrected chi connectivity index (χ2v) is 3.66. The summed E-state index contributed by atoms with van der Waals surface area (Å²) < 4.78 is 2.31. The molecule has 0 saturated carbocycles. The van der Waals surface area contributed by atoms with E-state index in [4.69, 9.17) is 17.3 Å². The fourth-order valence-corrected chi connectivity index (χ4v) is 1.74. The van der Waals surface area contributed by atoms with Crippen LogP contribution >= 0.6 is 23.6 Å². The highest BCUT2D eigenvalue weighted by molar-refractivity contribution is 7.73. The molecule has 0 spiro atoms. The van der Waals surface area contributed by atoms with Crippen molar-refractivity contribution in [3.05, 3.63) is 8.83 Å². The normalized spacial score (nSPS) is 10.0. The molecule has 1 aromatic heterocycles. The van der Waals surface area contributed by atoms with Crippen LogP contribution in [0.25, 0.3) is 0 Å². The molecule has 0 bridgehead atoms. The van der Waals surface area contributed by atoms with Gasteiger partial charge in [-0.2, -0.15) is 0 Å². The molecule has 4 heteroatoms. The second kappa shape index (κ2) is 2.11. The third-order valence-electron chi connectivity index (χ3n) is 1.15. The Balaban J connectivity index is 3.47. The number of hydrogen-bond donors (Lipinski definition) is 1. The molecule has 1 heterocycles. The van der Waals surface area contributed by atoms with Crippen LogP contribution in [0.5, 0.6) is 5.88 Å². The molecule has 0 fully saturated rings. The third-order valence-corrected chi connectivity index (χ3v) is 2.61. The van der Waals surface area contributed by atoms with Gasteiger partial charge in [-0.15, -0.1) is 11.3 Å². The van der Waals surface area contributed by atoms with Crippen molar-refractivity contribution in [2.24, 2.45) is 7.05 Å². The van der Waals surface area contributed by atoms with E-state index in [2.05, 4.69) is 0 Å². The largest absolute Gasteiger partial charge is 0.494 e. The Hall–Kier alpha value is -0.350. The standard InChI is InChI=1S/C5H7NOS2/c1-3-4(7)6(2)5(8)9-3/h7H,1-2H3. The molecule has 0 atom stereocenters. The van der Waals surface area contributed by atoms with E-state index in [1.165, 1.54) is 11.3 Å². The van der Waals surface area contributed by atoms with Crippen LogP contribution < -0.4 is 0 Å². The van der Waals surface area contributed by atoms with Crippen molar-refractivity contribution in [1.29, 1.82) is 0 Å². The van der Waals surface area contributed by atoms with Crippen molar-refractivity contribution in [3.8, 4) is 5.88 Å². The number of thiazole rings is 1. The van der Waals surface area contributed by atoms with Gasteiger partial charge >= 0.3 is 0 Å². The lowest BCUT2D eigenvalue weighted by molar-refractivity contribution is 0.427. The maximum atomic E-state index is 9.13. The van der Waals surface area contributed by atoms with Gasteiger partial charge in [-0.25, -0.2) is 0 Å². The van der Waals surface area contributed by atoms with E-state index in [9.17, 15) is 0 Å². The number of aryl methyl sites for hydroxylation is 1. The monoisotopic (exact) mass is 161 g/mol. The topological polar surface area (TPSA) is 25.2 Å². The van der Waals surface area contributed by atoms with Gasteiger partial charge in [-0.3, -0.25) is 4.57 Å². The molecule has 0 aromatic carbocycles. The SMILES string of the molecule is Cc1sc(=S)n(C)c1O. The minimum Gasteiger partial charge on any atom is -0.494 e. The van der Waals surface area contributed by atoms with Gasteiger partial charge in [0.1, 0.15) is 0 Å². The van der Waals surface area contributed by atoms with Gasteiger partial charge in [-0.05, 0) is 19.1 Å². The number of hydrogen-bond acceptors (Lipinski definition) is 3. The molecule has 0 amide bonds. The molecule has 0 unspecified atom stereocenters. The zero-order valence-electron chi connectivity index (χ0n) is 5.21. The van der Waals surface area contributed by atoms with E-state index in [0.717, 1.165) is 4.88 Å². The van der Waals surface area contributed by atoms with Gasteiger partial charge in [0.2, 0.25) is 5.88 Å². The summed E-state index contributed by atoms with van der Waals surface area (Å²) in [6.45, 7) is 1.84. The summed E-state index contributed by atoms with van der Waals surface area (Å²) in [6, 6.07) is 0. The van der Waals surface area contributed by atoms with E-state index in [1.54, 1.807) is 11.6 Å². The molecule has 50 valence electrons. The van der Waals surface area contributed by atoms with E-state index in [1.807, 2.05) is 6.92 Å². The molecular formula is C5H7NOS2. The zero-order chi connectivity index (χ0) is 7.02. The molecular weight excluding hydrogens is 154 g/mol. The van der Waals surface area contributed by atoms with Crippen LogP contribution in [0.15, 0.2) is 0 Å². The highest BCUT2D eigenvalue weighted by atomic mass is 32.1. The van der Waals surface area contributed by atoms with Gasteiger partial charge in [0, 0.05) is 7.05 Å². The maximum Gasteiger partial charge on any atom is 0.205 e. The van der Waals surface area contributed by atoms with Crippen LogP contribution in [-0.2, 0) is 7.05 Å². The Morgan fingerprint density at radius 1 is 1.67 bits per heavy atom. The first-order valence-corrected chi connectivity index (χ1v) is 3.71. The molecule has 0 aliphatic carbocycles. The van der Waals surface area contributed by atoms with E-state index in [0.29, 0.717) is 3.95 Å². The predicted octanol–water partition coefficient (Wildman–Crippen LogP) is 1.83. The fraction of sp³-hybridized carbons (Fsp3) is 0.400. The number of rotatable bonds is 0. The molecule has 0 aliphatic heterocycles. The molecule has 2 nitrogen and oxygen atoms in total. The Labute approximate surface area is 62.4 Å². The quantitative estimate of drug-likeness (QED) is 0.587. The summed E-state index contributed by atoms with van der Waals surface area (Å²) >= 11 is 6.31. The summed E-state index contributed by atoms with van der Waals surface area (Å²) in [4.78, 5) is 0.877. The van der Waals surface area contributed by atoms with Crippen molar-refractivity contribution >= 4 is 23.6 Å². The highest BCUT2D eigenvalue weighted by Crippen LogP contribution is 2.22. The Bertz CT molecular complexity index is 273. The fourth-order valence-electron chi connectivity index (χ4n) is 0.568. The molecule has 0 aliphatic rings. The first-order chi connectivity index (χ1) is 4.13. The Morgan fingerprint density at radius 2 is 2.22 bits per heavy atom. The summed E-state index contributed by atoms with van der Waals surface area (Å²) in [7, 11) is 1.75. The van der Waals surface area contributed by atoms with Gasteiger partial charge in [0.25, 0.3) is 0 Å². The molecule has 1 aromatic rings. The molecule has 1 N–H and O–H groups in total. The van der Waals surface area contributed by atoms with Gasteiger partial charge in [0.05, 0.1) is 4.88 Å².